The maximum Gasteiger partial charge on any atom is 0.337 e. The van der Waals surface area contributed by atoms with Crippen molar-refractivity contribution in [2.45, 2.75) is 39.2 Å². The molecule has 0 fully saturated rings. The minimum absolute atomic E-state index is 0.0461. The number of hydrogen-bond donors (Lipinski definition) is 3. The highest BCUT2D eigenvalue weighted by Crippen LogP contribution is 2.22. The van der Waals surface area contributed by atoms with Gasteiger partial charge in [-0.25, -0.2) is 4.79 Å². The zero-order valence-electron chi connectivity index (χ0n) is 13.5. The summed E-state index contributed by atoms with van der Waals surface area (Å²) in [4.78, 5) is 34.6. The van der Waals surface area contributed by atoms with E-state index in [0.717, 1.165) is 0 Å². The van der Waals surface area contributed by atoms with E-state index >= 15 is 0 Å². The predicted octanol–water partition coefficient (Wildman–Crippen LogP) is 2.03. The van der Waals surface area contributed by atoms with Crippen molar-refractivity contribution >= 4 is 23.5 Å². The Morgan fingerprint density at radius 2 is 1.83 bits per heavy atom. The van der Waals surface area contributed by atoms with Crippen LogP contribution in [0.15, 0.2) is 18.2 Å². The van der Waals surface area contributed by atoms with E-state index in [-0.39, 0.29) is 41.9 Å². The van der Waals surface area contributed by atoms with Gasteiger partial charge in [0.15, 0.2) is 0 Å². The molecule has 0 aliphatic heterocycles. The second-order valence-electron chi connectivity index (χ2n) is 5.34. The van der Waals surface area contributed by atoms with Crippen molar-refractivity contribution in [1.82, 2.24) is 5.32 Å². The van der Waals surface area contributed by atoms with Gasteiger partial charge < -0.3 is 20.5 Å². The lowest BCUT2D eigenvalue weighted by Crippen LogP contribution is -2.30. The minimum atomic E-state index is -1.16. The van der Waals surface area contributed by atoms with Gasteiger partial charge in [-0.2, -0.15) is 0 Å². The number of carboxylic acid groups (broad SMARTS) is 1. The van der Waals surface area contributed by atoms with Crippen molar-refractivity contribution in [2.24, 2.45) is 0 Å². The van der Waals surface area contributed by atoms with Gasteiger partial charge in [0.1, 0.15) is 5.75 Å². The molecule has 1 aromatic rings. The summed E-state index contributed by atoms with van der Waals surface area (Å²) >= 11 is 0. The Morgan fingerprint density at radius 3 is 2.39 bits per heavy atom. The summed E-state index contributed by atoms with van der Waals surface area (Å²) in [5.41, 5.74) is 0.158. The van der Waals surface area contributed by atoms with Gasteiger partial charge in [0, 0.05) is 18.9 Å². The van der Waals surface area contributed by atoms with E-state index in [9.17, 15) is 19.5 Å². The van der Waals surface area contributed by atoms with E-state index in [1.165, 1.54) is 19.2 Å². The number of methoxy groups -OCH3 is 1. The number of rotatable bonds is 8. The van der Waals surface area contributed by atoms with E-state index < -0.39 is 5.97 Å². The van der Waals surface area contributed by atoms with Crippen LogP contribution in [0.1, 0.15) is 43.5 Å². The van der Waals surface area contributed by atoms with Crippen molar-refractivity contribution in [2.75, 3.05) is 12.4 Å². The van der Waals surface area contributed by atoms with Crippen molar-refractivity contribution in [3.05, 3.63) is 23.8 Å². The average Bonchev–Trinajstić information content (AvgIpc) is 2.46. The quantitative estimate of drug-likeness (QED) is 0.679. The number of amides is 2. The normalized spacial score (nSPS) is 10.3. The van der Waals surface area contributed by atoms with Crippen molar-refractivity contribution in [3.8, 4) is 5.75 Å². The van der Waals surface area contributed by atoms with Crippen LogP contribution in [-0.4, -0.2) is 36.0 Å². The molecular formula is C16H22N2O5. The van der Waals surface area contributed by atoms with Crippen molar-refractivity contribution in [3.63, 3.8) is 0 Å². The molecule has 0 bridgehead atoms. The third kappa shape index (κ3) is 6.37. The molecule has 1 rings (SSSR count). The Kier molecular flexibility index (Phi) is 7.05. The summed E-state index contributed by atoms with van der Waals surface area (Å²) in [6.07, 6.45) is 0.777. The first-order chi connectivity index (χ1) is 10.8. The average molecular weight is 322 g/mol. The lowest BCUT2D eigenvalue weighted by Gasteiger charge is -2.10. The van der Waals surface area contributed by atoms with Gasteiger partial charge in [0.2, 0.25) is 11.8 Å². The van der Waals surface area contributed by atoms with Crippen LogP contribution in [0.5, 0.6) is 5.75 Å². The van der Waals surface area contributed by atoms with Crippen LogP contribution in [0.25, 0.3) is 0 Å². The standard InChI is InChI=1S/C16H22N2O5/c1-10(2)17-14(19)5-4-6-15(20)18-13-8-7-11(23-3)9-12(13)16(21)22/h7-10H,4-6H2,1-3H3,(H,17,19)(H,18,20)(H,21,22). The van der Waals surface area contributed by atoms with Gasteiger partial charge in [-0.05, 0) is 38.5 Å². The highest BCUT2D eigenvalue weighted by molar-refractivity contribution is 6.00. The minimum Gasteiger partial charge on any atom is -0.497 e. The largest absolute Gasteiger partial charge is 0.497 e. The summed E-state index contributed by atoms with van der Waals surface area (Å²) in [5, 5.41) is 14.5. The summed E-state index contributed by atoms with van der Waals surface area (Å²) in [6.45, 7) is 3.73. The topological polar surface area (TPSA) is 105 Å². The summed E-state index contributed by atoms with van der Waals surface area (Å²) in [6, 6.07) is 4.45. The fourth-order valence-electron chi connectivity index (χ4n) is 1.95. The molecular weight excluding hydrogens is 300 g/mol. The Bertz CT molecular complexity index is 584. The summed E-state index contributed by atoms with van der Waals surface area (Å²) in [5.74, 6) is -1.21. The van der Waals surface area contributed by atoms with E-state index in [1.54, 1.807) is 6.07 Å². The molecule has 0 heterocycles. The van der Waals surface area contributed by atoms with Gasteiger partial charge in [0.25, 0.3) is 0 Å². The van der Waals surface area contributed by atoms with E-state index in [2.05, 4.69) is 10.6 Å². The predicted molar refractivity (Wildman–Crippen MR) is 85.7 cm³/mol. The Morgan fingerprint density at radius 1 is 1.17 bits per heavy atom. The first-order valence-corrected chi connectivity index (χ1v) is 7.34. The SMILES string of the molecule is COc1ccc(NC(=O)CCCC(=O)NC(C)C)c(C(=O)O)c1. The molecule has 0 saturated heterocycles. The summed E-state index contributed by atoms with van der Waals surface area (Å²) in [7, 11) is 1.43. The third-order valence-corrected chi connectivity index (χ3v) is 2.99. The number of carbonyl (C=O) groups excluding carboxylic acids is 2. The van der Waals surface area contributed by atoms with Crippen LogP contribution in [-0.2, 0) is 9.59 Å². The van der Waals surface area contributed by atoms with Crippen LogP contribution in [0, 0.1) is 0 Å². The van der Waals surface area contributed by atoms with Gasteiger partial charge >= 0.3 is 5.97 Å². The first-order valence-electron chi connectivity index (χ1n) is 7.34. The molecule has 0 aliphatic rings. The highest BCUT2D eigenvalue weighted by atomic mass is 16.5. The number of carboxylic acids is 1. The molecule has 3 N–H and O–H groups in total. The number of anilines is 1. The lowest BCUT2D eigenvalue weighted by atomic mass is 10.1. The van der Waals surface area contributed by atoms with Crippen LogP contribution in [0.4, 0.5) is 5.69 Å². The third-order valence-electron chi connectivity index (χ3n) is 2.99. The van der Waals surface area contributed by atoms with Crippen LogP contribution in [0.2, 0.25) is 0 Å². The second-order valence-corrected chi connectivity index (χ2v) is 5.34. The second kappa shape index (κ2) is 8.77. The fourth-order valence-corrected chi connectivity index (χ4v) is 1.95. The number of nitrogens with one attached hydrogen (secondary N) is 2. The maximum atomic E-state index is 11.9. The molecule has 7 heteroatoms. The Hall–Kier alpha value is -2.57. The van der Waals surface area contributed by atoms with E-state index in [4.69, 9.17) is 4.74 Å². The number of benzene rings is 1. The van der Waals surface area contributed by atoms with Gasteiger partial charge in [0.05, 0.1) is 18.4 Å². The molecule has 2 amide bonds. The van der Waals surface area contributed by atoms with Crippen molar-refractivity contribution in [1.29, 1.82) is 0 Å². The monoisotopic (exact) mass is 322 g/mol. The van der Waals surface area contributed by atoms with E-state index in [0.29, 0.717) is 12.2 Å². The molecule has 23 heavy (non-hydrogen) atoms. The molecule has 1 aromatic carbocycles. The van der Waals surface area contributed by atoms with Crippen LogP contribution >= 0.6 is 0 Å². The van der Waals surface area contributed by atoms with Crippen molar-refractivity contribution < 1.29 is 24.2 Å². The highest BCUT2D eigenvalue weighted by Gasteiger charge is 2.14. The molecule has 0 unspecified atom stereocenters. The Labute approximate surface area is 135 Å². The molecule has 0 aromatic heterocycles. The molecule has 0 radical (unpaired) electrons. The zero-order chi connectivity index (χ0) is 17.4. The number of carbonyl (C=O) groups is 3. The molecule has 0 spiro atoms. The zero-order valence-corrected chi connectivity index (χ0v) is 13.5. The molecule has 126 valence electrons. The molecule has 7 nitrogen and oxygen atoms in total. The lowest BCUT2D eigenvalue weighted by molar-refractivity contribution is -0.121. The number of ether oxygens (including phenoxy) is 1. The van der Waals surface area contributed by atoms with Crippen LogP contribution < -0.4 is 15.4 Å². The number of hydrogen-bond acceptors (Lipinski definition) is 4. The van der Waals surface area contributed by atoms with Gasteiger partial charge in [-0.1, -0.05) is 0 Å². The van der Waals surface area contributed by atoms with Crippen LogP contribution in [0.3, 0.4) is 0 Å². The van der Waals surface area contributed by atoms with Gasteiger partial charge in [-0.3, -0.25) is 9.59 Å². The molecule has 0 saturated carbocycles. The van der Waals surface area contributed by atoms with E-state index in [1.807, 2.05) is 13.8 Å². The molecule has 0 atom stereocenters. The fraction of sp³-hybridized carbons (Fsp3) is 0.438. The Balaban J connectivity index is 2.57. The molecule has 0 aliphatic carbocycles. The van der Waals surface area contributed by atoms with Gasteiger partial charge in [-0.15, -0.1) is 0 Å². The smallest absolute Gasteiger partial charge is 0.337 e. The summed E-state index contributed by atoms with van der Waals surface area (Å²) < 4.78 is 4.97. The first kappa shape index (κ1) is 18.5. The number of aromatic carboxylic acids is 1. The maximum absolute atomic E-state index is 11.9.